The van der Waals surface area contributed by atoms with Crippen LogP contribution < -0.4 is 0 Å². The van der Waals surface area contributed by atoms with Crippen molar-refractivity contribution in [2.75, 3.05) is 0 Å². The maximum atomic E-state index is 5.80. The van der Waals surface area contributed by atoms with Crippen LogP contribution in [0.4, 0.5) is 0 Å². The molecule has 21 heavy (non-hydrogen) atoms. The summed E-state index contributed by atoms with van der Waals surface area (Å²) in [5.74, 6) is -0.813. The second kappa shape index (κ2) is 4.37. The molecule has 1 atom stereocenters. The zero-order valence-corrected chi connectivity index (χ0v) is 13.3. The highest BCUT2D eigenvalue weighted by molar-refractivity contribution is 6.01. The molecule has 0 aromatic heterocycles. The molecule has 0 saturated heterocycles. The van der Waals surface area contributed by atoms with E-state index in [-0.39, 0.29) is 5.54 Å². The first-order chi connectivity index (χ1) is 9.75. The van der Waals surface area contributed by atoms with Gasteiger partial charge in [0.05, 0.1) is 12.1 Å². The lowest BCUT2D eigenvalue weighted by Crippen LogP contribution is -2.60. The molecule has 1 aromatic rings. The molecule has 5 heteroatoms. The van der Waals surface area contributed by atoms with Crippen LogP contribution in [-0.4, -0.2) is 27.7 Å². The standard InChI is InChI=1S/C16H22N4O/c1-14(2,3)20-15(4,5)18-19-16(20)11-13(17-21-16)12-9-7-6-8-10-12/h6-10H,11H2,1-5H3. The Morgan fingerprint density at radius 1 is 1.10 bits per heavy atom. The van der Waals surface area contributed by atoms with Gasteiger partial charge in [0.1, 0.15) is 5.66 Å². The summed E-state index contributed by atoms with van der Waals surface area (Å²) in [6, 6.07) is 10.1. The van der Waals surface area contributed by atoms with E-state index >= 15 is 0 Å². The van der Waals surface area contributed by atoms with E-state index in [2.05, 4.69) is 54.9 Å². The molecule has 2 heterocycles. The van der Waals surface area contributed by atoms with Gasteiger partial charge in [-0.2, -0.15) is 5.11 Å². The second-order valence-electron chi connectivity index (χ2n) is 7.12. The quantitative estimate of drug-likeness (QED) is 0.789. The number of hydrogen-bond donors (Lipinski definition) is 0. The first-order valence-corrected chi connectivity index (χ1v) is 7.30. The fourth-order valence-corrected chi connectivity index (χ4v) is 3.43. The lowest BCUT2D eigenvalue weighted by molar-refractivity contribution is -0.179. The summed E-state index contributed by atoms with van der Waals surface area (Å²) in [4.78, 5) is 8.00. The third-order valence-corrected chi connectivity index (χ3v) is 3.83. The highest BCUT2D eigenvalue weighted by atomic mass is 16.7. The van der Waals surface area contributed by atoms with Gasteiger partial charge in [0, 0.05) is 5.54 Å². The van der Waals surface area contributed by atoms with Crippen molar-refractivity contribution in [2.24, 2.45) is 15.4 Å². The van der Waals surface area contributed by atoms with Gasteiger partial charge in [0.15, 0.2) is 0 Å². The van der Waals surface area contributed by atoms with Crippen molar-refractivity contribution in [1.29, 1.82) is 0 Å². The summed E-state index contributed by atoms with van der Waals surface area (Å²) in [5.41, 5.74) is 1.46. The fourth-order valence-electron chi connectivity index (χ4n) is 3.43. The Labute approximate surface area is 125 Å². The zero-order chi connectivity index (χ0) is 15.3. The SMILES string of the molecule is CC(C)(C)N1C(C)(C)N=NC12CC(c1ccccc1)=NO2. The van der Waals surface area contributed by atoms with Crippen LogP contribution in [0.3, 0.4) is 0 Å². The first-order valence-electron chi connectivity index (χ1n) is 7.30. The molecule has 0 radical (unpaired) electrons. The van der Waals surface area contributed by atoms with E-state index in [1.54, 1.807) is 0 Å². The third kappa shape index (κ3) is 2.25. The summed E-state index contributed by atoms with van der Waals surface area (Å²) in [7, 11) is 0. The molecule has 5 nitrogen and oxygen atoms in total. The Morgan fingerprint density at radius 2 is 1.76 bits per heavy atom. The zero-order valence-electron chi connectivity index (χ0n) is 13.3. The number of rotatable bonds is 1. The molecule has 0 aliphatic carbocycles. The van der Waals surface area contributed by atoms with Gasteiger partial charge in [-0.15, -0.1) is 5.11 Å². The second-order valence-corrected chi connectivity index (χ2v) is 7.12. The van der Waals surface area contributed by atoms with Crippen LogP contribution in [0.2, 0.25) is 0 Å². The smallest absolute Gasteiger partial charge is 0.310 e. The van der Waals surface area contributed by atoms with Gasteiger partial charge in [-0.3, -0.25) is 0 Å². The molecule has 0 amide bonds. The lowest BCUT2D eigenvalue weighted by atomic mass is 9.96. The molecule has 0 saturated carbocycles. The predicted molar refractivity (Wildman–Crippen MR) is 81.9 cm³/mol. The van der Waals surface area contributed by atoms with E-state index in [1.807, 2.05) is 30.3 Å². The number of nitrogens with zero attached hydrogens (tertiary/aromatic N) is 4. The van der Waals surface area contributed by atoms with E-state index < -0.39 is 11.5 Å². The normalized spacial score (nSPS) is 28.0. The third-order valence-electron chi connectivity index (χ3n) is 3.83. The molecular weight excluding hydrogens is 264 g/mol. The maximum Gasteiger partial charge on any atom is 0.310 e. The van der Waals surface area contributed by atoms with Crippen molar-refractivity contribution >= 4 is 5.71 Å². The Bertz CT molecular complexity index is 600. The van der Waals surface area contributed by atoms with Crippen molar-refractivity contribution in [3.05, 3.63) is 35.9 Å². The minimum atomic E-state index is -0.813. The van der Waals surface area contributed by atoms with Gasteiger partial charge in [0.2, 0.25) is 0 Å². The summed E-state index contributed by atoms with van der Waals surface area (Å²) < 4.78 is 0. The Kier molecular flexibility index (Phi) is 2.95. The van der Waals surface area contributed by atoms with Gasteiger partial charge in [-0.1, -0.05) is 35.5 Å². The van der Waals surface area contributed by atoms with E-state index in [0.29, 0.717) is 6.42 Å². The van der Waals surface area contributed by atoms with Crippen LogP contribution >= 0.6 is 0 Å². The van der Waals surface area contributed by atoms with Crippen LogP contribution in [0.25, 0.3) is 0 Å². The van der Waals surface area contributed by atoms with Gasteiger partial charge in [-0.25, -0.2) is 4.90 Å². The number of azo groups is 1. The number of benzene rings is 1. The number of oxime groups is 1. The summed E-state index contributed by atoms with van der Waals surface area (Å²) in [6.45, 7) is 10.6. The predicted octanol–water partition coefficient (Wildman–Crippen LogP) is 3.77. The largest absolute Gasteiger partial charge is 0.346 e. The summed E-state index contributed by atoms with van der Waals surface area (Å²) in [5, 5.41) is 13.2. The van der Waals surface area contributed by atoms with Crippen molar-refractivity contribution in [2.45, 2.75) is 58.1 Å². The number of hydrogen-bond acceptors (Lipinski definition) is 5. The molecule has 1 spiro atoms. The van der Waals surface area contributed by atoms with Crippen molar-refractivity contribution in [3.63, 3.8) is 0 Å². The van der Waals surface area contributed by atoms with Crippen LogP contribution in [-0.2, 0) is 4.84 Å². The van der Waals surface area contributed by atoms with Crippen LogP contribution in [0.1, 0.15) is 46.6 Å². The minimum absolute atomic E-state index is 0.130. The molecule has 2 aliphatic rings. The average Bonchev–Trinajstić information content (AvgIpc) is 2.92. The van der Waals surface area contributed by atoms with E-state index in [4.69, 9.17) is 4.84 Å². The average molecular weight is 286 g/mol. The monoisotopic (exact) mass is 286 g/mol. The molecule has 2 aliphatic heterocycles. The van der Waals surface area contributed by atoms with Crippen LogP contribution in [0.15, 0.2) is 45.7 Å². The van der Waals surface area contributed by atoms with Crippen molar-refractivity contribution in [1.82, 2.24) is 4.90 Å². The van der Waals surface area contributed by atoms with Gasteiger partial charge < -0.3 is 4.84 Å². The molecule has 1 aromatic carbocycles. The summed E-state index contributed by atoms with van der Waals surface area (Å²) in [6.07, 6.45) is 0.612. The van der Waals surface area contributed by atoms with E-state index in [1.165, 1.54) is 0 Å². The van der Waals surface area contributed by atoms with Gasteiger partial charge in [0.25, 0.3) is 0 Å². The Hall–Kier alpha value is -1.75. The van der Waals surface area contributed by atoms with E-state index in [9.17, 15) is 0 Å². The van der Waals surface area contributed by atoms with Gasteiger partial charge >= 0.3 is 5.85 Å². The lowest BCUT2D eigenvalue weighted by Gasteiger charge is -2.45. The maximum absolute atomic E-state index is 5.80. The molecule has 0 N–H and O–H groups in total. The highest BCUT2D eigenvalue weighted by Gasteiger charge is 2.59. The molecule has 3 rings (SSSR count). The molecule has 112 valence electrons. The molecule has 0 fully saturated rings. The van der Waals surface area contributed by atoms with E-state index in [0.717, 1.165) is 11.3 Å². The minimum Gasteiger partial charge on any atom is -0.346 e. The topological polar surface area (TPSA) is 49.5 Å². The molecular formula is C16H22N4O. The highest BCUT2D eigenvalue weighted by Crippen LogP contribution is 2.46. The van der Waals surface area contributed by atoms with Crippen LogP contribution in [0, 0.1) is 0 Å². The fraction of sp³-hybridized carbons (Fsp3) is 0.562. The van der Waals surface area contributed by atoms with Crippen molar-refractivity contribution in [3.8, 4) is 0 Å². The first kappa shape index (κ1) is 14.2. The van der Waals surface area contributed by atoms with Crippen molar-refractivity contribution < 1.29 is 4.84 Å². The Balaban J connectivity index is 1.93. The summed E-state index contributed by atoms with van der Waals surface area (Å²) >= 11 is 0. The Morgan fingerprint density at radius 3 is 2.38 bits per heavy atom. The molecule has 0 bridgehead atoms. The van der Waals surface area contributed by atoms with Gasteiger partial charge in [-0.05, 0) is 40.2 Å². The van der Waals surface area contributed by atoms with Crippen LogP contribution in [0.5, 0.6) is 0 Å². The molecule has 1 unspecified atom stereocenters.